The largest absolute Gasteiger partial charge is 0.508 e. The van der Waals surface area contributed by atoms with Gasteiger partial charge in [-0.3, -0.25) is 4.79 Å². The van der Waals surface area contributed by atoms with E-state index in [9.17, 15) is 9.90 Å². The summed E-state index contributed by atoms with van der Waals surface area (Å²) in [6.45, 7) is 5.60. The van der Waals surface area contributed by atoms with Gasteiger partial charge in [-0.25, -0.2) is 0 Å². The molecule has 0 aliphatic carbocycles. The maximum atomic E-state index is 12.5. The molecule has 0 radical (unpaired) electrons. The minimum Gasteiger partial charge on any atom is -0.508 e. The van der Waals surface area contributed by atoms with Gasteiger partial charge in [-0.2, -0.15) is 0 Å². The van der Waals surface area contributed by atoms with Gasteiger partial charge in [0.05, 0.1) is 5.41 Å². The highest BCUT2D eigenvalue weighted by Gasteiger charge is 2.37. The summed E-state index contributed by atoms with van der Waals surface area (Å²) >= 11 is 0. The van der Waals surface area contributed by atoms with Crippen molar-refractivity contribution in [2.45, 2.75) is 33.1 Å². The van der Waals surface area contributed by atoms with Gasteiger partial charge in [0.1, 0.15) is 5.75 Å². The maximum Gasteiger partial charge on any atom is 0.231 e. The topological polar surface area (TPSA) is 61.4 Å². The Kier molecular flexibility index (Phi) is 4.10. The second kappa shape index (κ2) is 5.61. The lowest BCUT2D eigenvalue weighted by Gasteiger charge is -2.35. The Morgan fingerprint density at radius 1 is 1.53 bits per heavy atom. The van der Waals surface area contributed by atoms with Crippen LogP contribution >= 0.6 is 0 Å². The first kappa shape index (κ1) is 13.9. The average Bonchev–Trinajstić information content (AvgIpc) is 2.43. The van der Waals surface area contributed by atoms with Crippen molar-refractivity contribution in [3.8, 4) is 5.75 Å². The molecule has 1 aromatic rings. The summed E-state index contributed by atoms with van der Waals surface area (Å²) in [5.41, 5.74) is 1.15. The van der Waals surface area contributed by atoms with Gasteiger partial charge < -0.3 is 15.7 Å². The van der Waals surface area contributed by atoms with Crippen LogP contribution in [0, 0.1) is 12.3 Å². The van der Waals surface area contributed by atoms with Gasteiger partial charge in [0.25, 0.3) is 0 Å². The molecule has 19 heavy (non-hydrogen) atoms. The smallest absolute Gasteiger partial charge is 0.231 e. The molecule has 104 valence electrons. The van der Waals surface area contributed by atoms with Crippen LogP contribution in [0.15, 0.2) is 18.2 Å². The predicted octanol–water partition coefficient (Wildman–Crippen LogP) is 2.42. The second-order valence-electron chi connectivity index (χ2n) is 5.37. The first-order valence-corrected chi connectivity index (χ1v) is 6.89. The van der Waals surface area contributed by atoms with E-state index in [1.54, 1.807) is 6.07 Å². The lowest BCUT2D eigenvalue weighted by atomic mass is 9.77. The third kappa shape index (κ3) is 2.89. The summed E-state index contributed by atoms with van der Waals surface area (Å²) in [6, 6.07) is 5.24. The Morgan fingerprint density at radius 3 is 2.89 bits per heavy atom. The van der Waals surface area contributed by atoms with Crippen molar-refractivity contribution >= 4 is 11.6 Å². The van der Waals surface area contributed by atoms with Crippen LogP contribution < -0.4 is 10.6 Å². The number of aromatic hydroxyl groups is 1. The van der Waals surface area contributed by atoms with Crippen LogP contribution in [0.25, 0.3) is 0 Å². The number of hydrogen-bond donors (Lipinski definition) is 3. The highest BCUT2D eigenvalue weighted by atomic mass is 16.3. The van der Waals surface area contributed by atoms with Crippen LogP contribution in [0.1, 0.15) is 31.7 Å². The molecule has 1 amide bonds. The molecule has 1 saturated heterocycles. The molecule has 0 spiro atoms. The number of phenols is 1. The van der Waals surface area contributed by atoms with Crippen LogP contribution in [0.4, 0.5) is 5.69 Å². The maximum absolute atomic E-state index is 12.5. The molecule has 1 aromatic carbocycles. The number of carbonyl (C=O) groups excluding carboxylic acids is 1. The number of nitrogens with one attached hydrogen (secondary N) is 2. The molecular weight excluding hydrogens is 240 g/mol. The van der Waals surface area contributed by atoms with E-state index in [-0.39, 0.29) is 17.1 Å². The Labute approximate surface area is 114 Å². The monoisotopic (exact) mass is 262 g/mol. The molecule has 0 saturated carbocycles. The Hall–Kier alpha value is -1.55. The fraction of sp³-hybridized carbons (Fsp3) is 0.533. The molecule has 4 nitrogen and oxygen atoms in total. The minimum atomic E-state index is -0.321. The highest BCUT2D eigenvalue weighted by molar-refractivity contribution is 5.95. The number of amides is 1. The summed E-state index contributed by atoms with van der Waals surface area (Å²) in [4.78, 5) is 12.5. The van der Waals surface area contributed by atoms with Crippen LogP contribution in [0.3, 0.4) is 0 Å². The molecular formula is C15H22N2O2. The third-order valence-electron chi connectivity index (χ3n) is 4.10. The van der Waals surface area contributed by atoms with Gasteiger partial charge in [-0.15, -0.1) is 0 Å². The van der Waals surface area contributed by atoms with Crippen molar-refractivity contribution in [1.29, 1.82) is 0 Å². The van der Waals surface area contributed by atoms with Crippen molar-refractivity contribution in [3.63, 3.8) is 0 Å². The Morgan fingerprint density at radius 2 is 2.32 bits per heavy atom. The fourth-order valence-electron chi connectivity index (χ4n) is 2.57. The first-order chi connectivity index (χ1) is 9.07. The summed E-state index contributed by atoms with van der Waals surface area (Å²) in [5, 5.41) is 15.9. The van der Waals surface area contributed by atoms with E-state index < -0.39 is 0 Å². The number of rotatable bonds is 3. The summed E-state index contributed by atoms with van der Waals surface area (Å²) in [5.74, 6) is 0.260. The van der Waals surface area contributed by atoms with E-state index in [0.29, 0.717) is 5.69 Å². The molecule has 4 heteroatoms. The zero-order valence-corrected chi connectivity index (χ0v) is 11.6. The third-order valence-corrected chi connectivity index (χ3v) is 4.10. The van der Waals surface area contributed by atoms with E-state index in [1.165, 1.54) is 0 Å². The lowest BCUT2D eigenvalue weighted by molar-refractivity contribution is -0.126. The highest BCUT2D eigenvalue weighted by Crippen LogP contribution is 2.32. The van der Waals surface area contributed by atoms with Crippen molar-refractivity contribution in [1.82, 2.24) is 5.32 Å². The average molecular weight is 262 g/mol. The van der Waals surface area contributed by atoms with E-state index >= 15 is 0 Å². The number of hydrogen-bond acceptors (Lipinski definition) is 3. The number of anilines is 1. The number of benzene rings is 1. The molecule has 1 aliphatic heterocycles. The van der Waals surface area contributed by atoms with Crippen LogP contribution in [0.2, 0.25) is 0 Å². The molecule has 1 unspecified atom stereocenters. The van der Waals surface area contributed by atoms with Gasteiger partial charge in [-0.1, -0.05) is 13.0 Å². The van der Waals surface area contributed by atoms with E-state index in [2.05, 4.69) is 17.6 Å². The summed E-state index contributed by atoms with van der Waals surface area (Å²) < 4.78 is 0. The lowest BCUT2D eigenvalue weighted by Crippen LogP contribution is -2.47. The SMILES string of the molecule is CCC1(C(=O)Nc2ccc(C)c(O)c2)CCCNC1. The quantitative estimate of drug-likeness (QED) is 0.784. The molecule has 0 aromatic heterocycles. The Balaban J connectivity index is 2.12. The van der Waals surface area contributed by atoms with E-state index in [1.807, 2.05) is 19.1 Å². The van der Waals surface area contributed by atoms with Gasteiger partial charge in [0, 0.05) is 18.3 Å². The van der Waals surface area contributed by atoms with Gasteiger partial charge >= 0.3 is 0 Å². The van der Waals surface area contributed by atoms with Crippen LogP contribution in [-0.4, -0.2) is 24.1 Å². The zero-order valence-electron chi connectivity index (χ0n) is 11.6. The number of phenolic OH excluding ortho intramolecular Hbond substituents is 1. The summed E-state index contributed by atoms with van der Waals surface area (Å²) in [7, 11) is 0. The molecule has 0 bridgehead atoms. The van der Waals surface area contributed by atoms with Crippen LogP contribution in [0.5, 0.6) is 5.75 Å². The first-order valence-electron chi connectivity index (χ1n) is 6.89. The van der Waals surface area contributed by atoms with Crippen molar-refractivity contribution < 1.29 is 9.90 Å². The van der Waals surface area contributed by atoms with Gasteiger partial charge in [0.2, 0.25) is 5.91 Å². The molecule has 3 N–H and O–H groups in total. The fourth-order valence-corrected chi connectivity index (χ4v) is 2.57. The Bertz CT molecular complexity index is 465. The van der Waals surface area contributed by atoms with Crippen molar-refractivity contribution in [2.75, 3.05) is 18.4 Å². The molecule has 1 aliphatic rings. The molecule has 1 heterocycles. The molecule has 1 fully saturated rings. The predicted molar refractivity (Wildman–Crippen MR) is 76.3 cm³/mol. The normalized spacial score (nSPS) is 23.1. The minimum absolute atomic E-state index is 0.0467. The summed E-state index contributed by atoms with van der Waals surface area (Å²) in [6.07, 6.45) is 2.77. The van der Waals surface area contributed by atoms with Crippen LogP contribution in [-0.2, 0) is 4.79 Å². The standard InChI is InChI=1S/C15H22N2O2/c1-3-15(7-4-8-16-10-15)14(19)17-12-6-5-11(2)13(18)9-12/h5-6,9,16,18H,3-4,7-8,10H2,1-2H3,(H,17,19). The van der Waals surface area contributed by atoms with Crippen molar-refractivity contribution in [2.24, 2.45) is 5.41 Å². The van der Waals surface area contributed by atoms with E-state index in [0.717, 1.165) is 37.9 Å². The van der Waals surface area contributed by atoms with Gasteiger partial charge in [-0.05, 0) is 44.4 Å². The molecule has 1 atom stereocenters. The zero-order chi connectivity index (χ0) is 13.9. The second-order valence-corrected chi connectivity index (χ2v) is 5.37. The number of piperidine rings is 1. The van der Waals surface area contributed by atoms with E-state index in [4.69, 9.17) is 0 Å². The van der Waals surface area contributed by atoms with Crippen molar-refractivity contribution in [3.05, 3.63) is 23.8 Å². The molecule has 2 rings (SSSR count). The number of aryl methyl sites for hydroxylation is 1. The number of carbonyl (C=O) groups is 1. The van der Waals surface area contributed by atoms with Gasteiger partial charge in [0.15, 0.2) is 0 Å².